The maximum atomic E-state index is 12.1. The minimum atomic E-state index is 0.316. The summed E-state index contributed by atoms with van der Waals surface area (Å²) in [6.07, 6.45) is 4.26. The molecule has 1 saturated carbocycles. The standard InChI is InChI=1S/C18H23N3O/c1-20(18(22)16-5-6-16)17-7-9-21(10-8-17)13-15-4-2-3-14(11-15)12-19/h2-4,11,16-17H,5-10,13H2,1H3. The molecule has 2 fully saturated rings. The Labute approximate surface area is 132 Å². The Kier molecular flexibility index (Phi) is 4.44. The highest BCUT2D eigenvalue weighted by Crippen LogP contribution is 2.32. The molecule has 1 amide bonds. The predicted molar refractivity (Wildman–Crippen MR) is 85.0 cm³/mol. The van der Waals surface area contributed by atoms with Crippen LogP contribution in [-0.2, 0) is 11.3 Å². The van der Waals surface area contributed by atoms with E-state index in [4.69, 9.17) is 5.26 Å². The van der Waals surface area contributed by atoms with Crippen LogP contribution in [0.25, 0.3) is 0 Å². The first-order chi connectivity index (χ1) is 10.7. The van der Waals surface area contributed by atoms with Gasteiger partial charge in [-0.05, 0) is 43.4 Å². The highest BCUT2D eigenvalue weighted by atomic mass is 16.2. The summed E-state index contributed by atoms with van der Waals surface area (Å²) in [6, 6.07) is 10.4. The molecule has 0 bridgehead atoms. The monoisotopic (exact) mass is 297 g/mol. The van der Waals surface area contributed by atoms with Crippen LogP contribution in [0.15, 0.2) is 24.3 Å². The van der Waals surface area contributed by atoms with E-state index in [9.17, 15) is 4.79 Å². The molecule has 4 nitrogen and oxygen atoms in total. The van der Waals surface area contributed by atoms with Crippen LogP contribution in [0.5, 0.6) is 0 Å². The number of carbonyl (C=O) groups excluding carboxylic acids is 1. The summed E-state index contributed by atoms with van der Waals surface area (Å²) in [5, 5.41) is 8.96. The van der Waals surface area contributed by atoms with Crippen LogP contribution >= 0.6 is 0 Å². The third-order valence-corrected chi connectivity index (χ3v) is 4.84. The molecule has 1 aromatic carbocycles. The van der Waals surface area contributed by atoms with Crippen LogP contribution in [0, 0.1) is 17.2 Å². The van der Waals surface area contributed by atoms with Crippen molar-refractivity contribution in [2.45, 2.75) is 38.3 Å². The molecule has 116 valence electrons. The molecule has 1 heterocycles. The zero-order valence-corrected chi connectivity index (χ0v) is 13.2. The van der Waals surface area contributed by atoms with E-state index in [1.165, 1.54) is 5.56 Å². The molecule has 0 N–H and O–H groups in total. The second kappa shape index (κ2) is 6.50. The molecule has 0 aromatic heterocycles. The molecule has 2 aliphatic rings. The van der Waals surface area contributed by atoms with Crippen molar-refractivity contribution in [3.05, 3.63) is 35.4 Å². The Morgan fingerprint density at radius 3 is 2.68 bits per heavy atom. The second-order valence-corrected chi connectivity index (χ2v) is 6.54. The largest absolute Gasteiger partial charge is 0.342 e. The lowest BCUT2D eigenvalue weighted by Crippen LogP contribution is -2.45. The molecule has 1 saturated heterocycles. The van der Waals surface area contributed by atoms with Gasteiger partial charge in [-0.2, -0.15) is 5.26 Å². The number of hydrogen-bond donors (Lipinski definition) is 0. The van der Waals surface area contributed by atoms with Gasteiger partial charge in [0.1, 0.15) is 0 Å². The number of carbonyl (C=O) groups is 1. The van der Waals surface area contributed by atoms with Crippen LogP contribution in [0.3, 0.4) is 0 Å². The predicted octanol–water partition coefficient (Wildman–Crippen LogP) is 2.39. The number of nitrogens with zero attached hydrogens (tertiary/aromatic N) is 3. The van der Waals surface area contributed by atoms with E-state index < -0.39 is 0 Å². The van der Waals surface area contributed by atoms with Gasteiger partial charge >= 0.3 is 0 Å². The van der Waals surface area contributed by atoms with Crippen molar-refractivity contribution in [3.8, 4) is 6.07 Å². The molecule has 0 unspecified atom stereocenters. The van der Waals surface area contributed by atoms with Gasteiger partial charge in [0.15, 0.2) is 0 Å². The van der Waals surface area contributed by atoms with E-state index in [1.54, 1.807) is 0 Å². The van der Waals surface area contributed by atoms with E-state index in [0.717, 1.165) is 50.9 Å². The lowest BCUT2D eigenvalue weighted by Gasteiger charge is -2.37. The number of piperidine rings is 1. The molecule has 0 radical (unpaired) electrons. The number of benzene rings is 1. The molecule has 1 aromatic rings. The van der Waals surface area contributed by atoms with E-state index in [1.807, 2.05) is 30.1 Å². The van der Waals surface area contributed by atoms with E-state index >= 15 is 0 Å². The summed E-state index contributed by atoms with van der Waals surface area (Å²) in [5.41, 5.74) is 1.92. The van der Waals surface area contributed by atoms with Crippen molar-refractivity contribution < 1.29 is 4.79 Å². The van der Waals surface area contributed by atoms with Gasteiger partial charge in [-0.15, -0.1) is 0 Å². The fraction of sp³-hybridized carbons (Fsp3) is 0.556. The van der Waals surface area contributed by atoms with Crippen molar-refractivity contribution >= 4 is 5.91 Å². The van der Waals surface area contributed by atoms with Gasteiger partial charge in [-0.25, -0.2) is 0 Å². The SMILES string of the molecule is CN(C(=O)C1CC1)C1CCN(Cc2cccc(C#N)c2)CC1. The molecular formula is C18H23N3O. The third-order valence-electron chi connectivity index (χ3n) is 4.84. The van der Waals surface area contributed by atoms with Crippen LogP contribution in [0.2, 0.25) is 0 Å². The average Bonchev–Trinajstić information content (AvgIpc) is 3.39. The number of amides is 1. The van der Waals surface area contributed by atoms with Gasteiger partial charge in [0, 0.05) is 38.6 Å². The molecule has 1 aliphatic heterocycles. The van der Waals surface area contributed by atoms with Gasteiger partial charge in [-0.3, -0.25) is 9.69 Å². The summed E-state index contributed by atoms with van der Waals surface area (Å²) in [6.45, 7) is 2.93. The van der Waals surface area contributed by atoms with Gasteiger partial charge < -0.3 is 4.90 Å². The van der Waals surface area contributed by atoms with Gasteiger partial charge in [-0.1, -0.05) is 12.1 Å². The third kappa shape index (κ3) is 3.48. The van der Waals surface area contributed by atoms with Crippen molar-refractivity contribution in [3.63, 3.8) is 0 Å². The maximum Gasteiger partial charge on any atom is 0.225 e. The van der Waals surface area contributed by atoms with E-state index in [2.05, 4.69) is 17.0 Å². The van der Waals surface area contributed by atoms with Crippen molar-refractivity contribution in [1.29, 1.82) is 5.26 Å². The second-order valence-electron chi connectivity index (χ2n) is 6.54. The van der Waals surface area contributed by atoms with Gasteiger partial charge in [0.2, 0.25) is 5.91 Å². The highest BCUT2D eigenvalue weighted by molar-refractivity contribution is 5.81. The Hall–Kier alpha value is -1.86. The molecule has 22 heavy (non-hydrogen) atoms. The zero-order valence-electron chi connectivity index (χ0n) is 13.2. The summed E-state index contributed by atoms with van der Waals surface area (Å²) in [7, 11) is 1.97. The molecular weight excluding hydrogens is 274 g/mol. The minimum Gasteiger partial charge on any atom is -0.342 e. The lowest BCUT2D eigenvalue weighted by atomic mass is 10.0. The fourth-order valence-electron chi connectivity index (χ4n) is 3.26. The maximum absolute atomic E-state index is 12.1. The molecule has 4 heteroatoms. The topological polar surface area (TPSA) is 47.3 Å². The minimum absolute atomic E-state index is 0.316. The number of likely N-dealkylation sites (tertiary alicyclic amines) is 1. The average molecular weight is 297 g/mol. The molecule has 1 aliphatic carbocycles. The molecule has 0 atom stereocenters. The Morgan fingerprint density at radius 2 is 2.05 bits per heavy atom. The lowest BCUT2D eigenvalue weighted by molar-refractivity contribution is -0.134. The Balaban J connectivity index is 1.51. The van der Waals surface area contributed by atoms with Gasteiger partial charge in [0.25, 0.3) is 0 Å². The number of nitriles is 1. The summed E-state index contributed by atoms with van der Waals surface area (Å²) in [5.74, 6) is 0.664. The van der Waals surface area contributed by atoms with E-state index in [-0.39, 0.29) is 0 Å². The van der Waals surface area contributed by atoms with Crippen LogP contribution in [0.1, 0.15) is 36.8 Å². The zero-order chi connectivity index (χ0) is 15.5. The first-order valence-corrected chi connectivity index (χ1v) is 8.15. The van der Waals surface area contributed by atoms with Crippen molar-refractivity contribution in [2.75, 3.05) is 20.1 Å². The summed E-state index contributed by atoms with van der Waals surface area (Å²) < 4.78 is 0. The van der Waals surface area contributed by atoms with Crippen LogP contribution in [-0.4, -0.2) is 41.9 Å². The van der Waals surface area contributed by atoms with Crippen molar-refractivity contribution in [2.24, 2.45) is 5.92 Å². The first-order valence-electron chi connectivity index (χ1n) is 8.15. The number of hydrogen-bond acceptors (Lipinski definition) is 3. The highest BCUT2D eigenvalue weighted by Gasteiger charge is 2.35. The number of rotatable bonds is 4. The molecule has 3 rings (SSSR count). The smallest absolute Gasteiger partial charge is 0.225 e. The quantitative estimate of drug-likeness (QED) is 0.857. The summed E-state index contributed by atoms with van der Waals surface area (Å²) >= 11 is 0. The van der Waals surface area contributed by atoms with Crippen LogP contribution in [0.4, 0.5) is 0 Å². The van der Waals surface area contributed by atoms with Gasteiger partial charge in [0.05, 0.1) is 11.6 Å². The first kappa shape index (κ1) is 15.1. The molecule has 0 spiro atoms. The fourth-order valence-corrected chi connectivity index (χ4v) is 3.26. The summed E-state index contributed by atoms with van der Waals surface area (Å²) in [4.78, 5) is 16.5. The normalized spacial score (nSPS) is 19.6. The van der Waals surface area contributed by atoms with E-state index in [0.29, 0.717) is 17.9 Å². The Bertz CT molecular complexity index is 580. The Morgan fingerprint density at radius 1 is 1.32 bits per heavy atom. The van der Waals surface area contributed by atoms with Crippen LogP contribution < -0.4 is 0 Å². The van der Waals surface area contributed by atoms with Crippen molar-refractivity contribution in [1.82, 2.24) is 9.80 Å².